The second-order valence-electron chi connectivity index (χ2n) is 9.88. The zero-order valence-electron chi connectivity index (χ0n) is 21.5. The monoisotopic (exact) mass is 545 g/mol. The zero-order valence-corrected chi connectivity index (χ0v) is 22.3. The number of nitrogens with zero attached hydrogens (tertiary/aromatic N) is 3. The molecule has 39 heavy (non-hydrogen) atoms. The molecular formula is C29H31N5O4S. The summed E-state index contributed by atoms with van der Waals surface area (Å²) in [6.07, 6.45) is 4.35. The van der Waals surface area contributed by atoms with E-state index < -0.39 is 28.5 Å². The lowest BCUT2D eigenvalue weighted by Gasteiger charge is -2.35. The van der Waals surface area contributed by atoms with Crippen molar-refractivity contribution in [2.24, 2.45) is 5.73 Å². The normalized spacial score (nSPS) is 15.1. The molecule has 2 amide bonds. The van der Waals surface area contributed by atoms with Crippen LogP contribution < -0.4 is 11.5 Å². The van der Waals surface area contributed by atoms with E-state index in [1.54, 1.807) is 23.2 Å². The number of piperidine rings is 1. The number of anilines is 1. The van der Waals surface area contributed by atoms with Crippen molar-refractivity contribution in [1.82, 2.24) is 14.2 Å². The number of aromatic nitrogens is 1. The van der Waals surface area contributed by atoms with Crippen molar-refractivity contribution >= 4 is 49.2 Å². The third-order valence-electron chi connectivity index (χ3n) is 7.23. The number of fused-ring (bicyclic) bond motifs is 2. The largest absolute Gasteiger partial charge is 0.383 e. The fourth-order valence-electron chi connectivity index (χ4n) is 5.22. The molecule has 4 aromatic rings. The summed E-state index contributed by atoms with van der Waals surface area (Å²) in [6.45, 7) is 0.454. The first-order valence-corrected chi connectivity index (χ1v) is 14.4. The lowest BCUT2D eigenvalue weighted by atomic mass is 10.0. The van der Waals surface area contributed by atoms with Crippen molar-refractivity contribution in [1.29, 1.82) is 0 Å². The fraction of sp³-hybridized carbons (Fsp3) is 0.276. The molecule has 5 rings (SSSR count). The molecule has 1 aromatic heterocycles. The number of nitrogens with two attached hydrogens (primary N) is 2. The van der Waals surface area contributed by atoms with Gasteiger partial charge >= 0.3 is 0 Å². The van der Waals surface area contributed by atoms with Gasteiger partial charge in [0.1, 0.15) is 11.9 Å². The van der Waals surface area contributed by atoms with E-state index >= 15 is 0 Å². The number of hydrogen-bond donors (Lipinski definition) is 2. The van der Waals surface area contributed by atoms with Crippen LogP contribution in [0.15, 0.2) is 77.8 Å². The highest BCUT2D eigenvalue weighted by atomic mass is 32.2. The highest BCUT2D eigenvalue weighted by molar-refractivity contribution is 7.89. The smallest absolute Gasteiger partial charge is 0.244 e. The number of pyridine rings is 1. The molecule has 0 saturated carbocycles. The molecule has 1 aliphatic heterocycles. The number of carbonyl (C=O) groups is 2. The maximum Gasteiger partial charge on any atom is 0.244 e. The van der Waals surface area contributed by atoms with Gasteiger partial charge in [-0.2, -0.15) is 4.31 Å². The SMILES string of the molecule is NC(=O)CN(C(Cc1ccc2c(N)nccc2c1)C(=O)N1CCCCC1)S(=O)(=O)c1ccc2ccccc2c1. The first kappa shape index (κ1) is 26.6. The average Bonchev–Trinajstić information content (AvgIpc) is 2.94. The summed E-state index contributed by atoms with van der Waals surface area (Å²) >= 11 is 0. The summed E-state index contributed by atoms with van der Waals surface area (Å²) in [5.74, 6) is -0.794. The van der Waals surface area contributed by atoms with Crippen LogP contribution in [0.5, 0.6) is 0 Å². The van der Waals surface area contributed by atoms with E-state index in [1.807, 2.05) is 48.5 Å². The molecule has 1 fully saturated rings. The van der Waals surface area contributed by atoms with Crippen LogP contribution in [-0.2, 0) is 26.0 Å². The average molecular weight is 546 g/mol. The van der Waals surface area contributed by atoms with Gasteiger partial charge in [-0.3, -0.25) is 9.59 Å². The number of rotatable bonds is 8. The molecule has 3 aromatic carbocycles. The van der Waals surface area contributed by atoms with Crippen LogP contribution in [-0.4, -0.2) is 60.1 Å². The van der Waals surface area contributed by atoms with Crippen LogP contribution in [0.2, 0.25) is 0 Å². The third kappa shape index (κ3) is 5.57. The number of benzene rings is 3. The molecule has 0 bridgehead atoms. The van der Waals surface area contributed by atoms with Crippen LogP contribution in [0.4, 0.5) is 5.82 Å². The molecule has 1 atom stereocenters. The van der Waals surface area contributed by atoms with Crippen molar-refractivity contribution in [3.63, 3.8) is 0 Å². The topological polar surface area (TPSA) is 140 Å². The van der Waals surface area contributed by atoms with Crippen molar-refractivity contribution in [3.8, 4) is 0 Å². The Labute approximate surface area is 227 Å². The first-order valence-electron chi connectivity index (χ1n) is 12.9. The Bertz CT molecular complexity index is 1650. The summed E-state index contributed by atoms with van der Waals surface area (Å²) in [7, 11) is -4.28. The molecule has 0 aliphatic carbocycles. The number of amides is 2. The second-order valence-corrected chi connectivity index (χ2v) is 11.8. The predicted molar refractivity (Wildman–Crippen MR) is 151 cm³/mol. The van der Waals surface area contributed by atoms with Crippen molar-refractivity contribution in [3.05, 3.63) is 78.5 Å². The predicted octanol–water partition coefficient (Wildman–Crippen LogP) is 3.07. The van der Waals surface area contributed by atoms with E-state index in [1.165, 1.54) is 6.07 Å². The van der Waals surface area contributed by atoms with Gasteiger partial charge in [-0.15, -0.1) is 0 Å². The van der Waals surface area contributed by atoms with E-state index in [0.717, 1.165) is 50.7 Å². The van der Waals surface area contributed by atoms with Gasteiger partial charge in [0.25, 0.3) is 0 Å². The van der Waals surface area contributed by atoms with Crippen LogP contribution >= 0.6 is 0 Å². The molecule has 1 saturated heterocycles. The van der Waals surface area contributed by atoms with Crippen molar-refractivity contribution in [2.45, 2.75) is 36.6 Å². The highest BCUT2D eigenvalue weighted by Crippen LogP contribution is 2.27. The molecule has 4 N–H and O–H groups in total. The van der Waals surface area contributed by atoms with E-state index in [0.29, 0.717) is 18.9 Å². The fourth-order valence-corrected chi connectivity index (χ4v) is 6.80. The minimum Gasteiger partial charge on any atom is -0.383 e. The Hall–Kier alpha value is -4.02. The number of hydrogen-bond acceptors (Lipinski definition) is 6. The molecular weight excluding hydrogens is 514 g/mol. The van der Waals surface area contributed by atoms with E-state index in [4.69, 9.17) is 11.5 Å². The molecule has 1 aliphatic rings. The van der Waals surface area contributed by atoms with Crippen molar-refractivity contribution in [2.75, 3.05) is 25.4 Å². The first-order chi connectivity index (χ1) is 18.7. The van der Waals surface area contributed by atoms with Gasteiger partial charge in [-0.1, -0.05) is 48.5 Å². The standard InChI is InChI=1S/C29H31N5O4S/c30-27(35)19-34(39(37,38)24-10-9-21-6-2-3-7-22(21)18-24)26(29(36)33-14-4-1-5-15-33)17-20-8-11-25-23(16-20)12-13-32-28(25)31/h2-3,6-13,16,18,26H,1,4-5,14-15,17,19H2,(H2,30,35)(H2,31,32). The summed E-state index contributed by atoms with van der Waals surface area (Å²) in [6, 6.07) is 18.3. The van der Waals surface area contributed by atoms with E-state index in [-0.39, 0.29) is 17.2 Å². The summed E-state index contributed by atoms with van der Waals surface area (Å²) in [4.78, 5) is 32.0. The van der Waals surface area contributed by atoms with Crippen molar-refractivity contribution < 1.29 is 18.0 Å². The maximum absolute atomic E-state index is 14.1. The Morgan fingerprint density at radius 2 is 1.67 bits per heavy atom. The molecule has 0 spiro atoms. The second kappa shape index (κ2) is 11.0. The lowest BCUT2D eigenvalue weighted by Crippen LogP contribution is -2.54. The molecule has 0 radical (unpaired) electrons. The minimum atomic E-state index is -4.28. The van der Waals surface area contributed by atoms with Gasteiger partial charge < -0.3 is 16.4 Å². The third-order valence-corrected chi connectivity index (χ3v) is 9.08. The molecule has 10 heteroatoms. The number of primary amides is 1. The summed E-state index contributed by atoms with van der Waals surface area (Å²) < 4.78 is 29.2. The number of sulfonamides is 1. The van der Waals surface area contributed by atoms with Gasteiger partial charge in [-0.05, 0) is 65.6 Å². The lowest BCUT2D eigenvalue weighted by molar-refractivity contribution is -0.136. The quantitative estimate of drug-likeness (QED) is 0.349. The minimum absolute atomic E-state index is 0.00347. The Kier molecular flexibility index (Phi) is 7.49. The summed E-state index contributed by atoms with van der Waals surface area (Å²) in [5, 5.41) is 3.20. The number of nitrogen functional groups attached to an aromatic ring is 1. The molecule has 1 unspecified atom stereocenters. The Balaban J connectivity index is 1.59. The summed E-state index contributed by atoms with van der Waals surface area (Å²) in [5.41, 5.74) is 12.3. The number of carbonyl (C=O) groups excluding carboxylic acids is 2. The Morgan fingerprint density at radius 1 is 0.923 bits per heavy atom. The van der Waals surface area contributed by atoms with Gasteiger partial charge in [-0.25, -0.2) is 13.4 Å². The number of likely N-dealkylation sites (tertiary alicyclic amines) is 1. The Morgan fingerprint density at radius 3 is 2.41 bits per heavy atom. The van der Waals surface area contributed by atoms with Gasteiger partial charge in [0.2, 0.25) is 21.8 Å². The van der Waals surface area contributed by atoms with Gasteiger partial charge in [0.15, 0.2) is 0 Å². The van der Waals surface area contributed by atoms with Crippen LogP contribution in [0.25, 0.3) is 21.5 Å². The van der Waals surface area contributed by atoms with Gasteiger partial charge in [0.05, 0.1) is 11.4 Å². The molecule has 2 heterocycles. The highest BCUT2D eigenvalue weighted by Gasteiger charge is 2.39. The van der Waals surface area contributed by atoms with Crippen LogP contribution in [0.1, 0.15) is 24.8 Å². The zero-order chi connectivity index (χ0) is 27.6. The van der Waals surface area contributed by atoms with Gasteiger partial charge in [0, 0.05) is 24.7 Å². The maximum atomic E-state index is 14.1. The molecule has 9 nitrogen and oxygen atoms in total. The molecule has 202 valence electrons. The van der Waals surface area contributed by atoms with E-state index in [2.05, 4.69) is 4.98 Å². The van der Waals surface area contributed by atoms with E-state index in [9.17, 15) is 18.0 Å². The van der Waals surface area contributed by atoms with Crippen LogP contribution in [0.3, 0.4) is 0 Å². The van der Waals surface area contributed by atoms with Crippen LogP contribution in [0, 0.1) is 0 Å².